The Labute approximate surface area is 149 Å². The predicted molar refractivity (Wildman–Crippen MR) is 95.7 cm³/mol. The molecule has 0 bridgehead atoms. The molecule has 1 saturated heterocycles. The van der Waals surface area contributed by atoms with Gasteiger partial charge in [0.15, 0.2) is 6.10 Å². The standard InChI is InChI=1S/C16H24ClN3O2.ClH/c1-13(22-15-5-2-4-14(17)12-15)16(21)19-6-3-9-20-10-7-18-8-11-20;/h2,4-5,12-13,18H,3,6-11H2,1H3,(H,19,21);1H. The number of piperazine rings is 1. The summed E-state index contributed by atoms with van der Waals surface area (Å²) in [6, 6.07) is 7.07. The van der Waals surface area contributed by atoms with Gasteiger partial charge in [0.2, 0.25) is 0 Å². The van der Waals surface area contributed by atoms with Crippen molar-refractivity contribution in [2.45, 2.75) is 19.4 Å². The molecule has 2 N–H and O–H groups in total. The largest absolute Gasteiger partial charge is 0.481 e. The van der Waals surface area contributed by atoms with Gasteiger partial charge >= 0.3 is 0 Å². The van der Waals surface area contributed by atoms with Crippen LogP contribution >= 0.6 is 24.0 Å². The first-order valence-corrected chi connectivity index (χ1v) is 8.16. The quantitative estimate of drug-likeness (QED) is 0.728. The number of nitrogens with zero attached hydrogens (tertiary/aromatic N) is 1. The fraction of sp³-hybridized carbons (Fsp3) is 0.562. The highest BCUT2D eigenvalue weighted by atomic mass is 35.5. The number of nitrogens with one attached hydrogen (secondary N) is 2. The monoisotopic (exact) mass is 361 g/mol. The molecule has 0 aliphatic carbocycles. The van der Waals surface area contributed by atoms with Crippen molar-refractivity contribution in [3.8, 4) is 5.75 Å². The summed E-state index contributed by atoms with van der Waals surface area (Å²) >= 11 is 5.89. The van der Waals surface area contributed by atoms with Gasteiger partial charge in [-0.2, -0.15) is 0 Å². The van der Waals surface area contributed by atoms with Crippen LogP contribution in [0.5, 0.6) is 5.75 Å². The zero-order valence-electron chi connectivity index (χ0n) is 13.4. The van der Waals surface area contributed by atoms with Crippen molar-refractivity contribution in [1.29, 1.82) is 0 Å². The normalized spacial score (nSPS) is 16.3. The molecule has 1 atom stereocenters. The summed E-state index contributed by atoms with van der Waals surface area (Å²) in [6.45, 7) is 7.71. The van der Waals surface area contributed by atoms with Crippen molar-refractivity contribution in [3.63, 3.8) is 0 Å². The van der Waals surface area contributed by atoms with Gasteiger partial charge in [-0.05, 0) is 38.1 Å². The van der Waals surface area contributed by atoms with Gasteiger partial charge in [-0.25, -0.2) is 0 Å². The smallest absolute Gasteiger partial charge is 0.260 e. The van der Waals surface area contributed by atoms with Crippen LogP contribution in [0.4, 0.5) is 0 Å². The lowest BCUT2D eigenvalue weighted by Crippen LogP contribution is -2.44. The van der Waals surface area contributed by atoms with Gasteiger partial charge < -0.3 is 20.3 Å². The molecule has 1 aliphatic heterocycles. The lowest BCUT2D eigenvalue weighted by Gasteiger charge is -2.27. The van der Waals surface area contributed by atoms with Crippen molar-refractivity contribution in [2.75, 3.05) is 39.3 Å². The number of rotatable bonds is 7. The molecule has 0 aromatic heterocycles. The minimum Gasteiger partial charge on any atom is -0.481 e. The topological polar surface area (TPSA) is 53.6 Å². The highest BCUT2D eigenvalue weighted by Crippen LogP contribution is 2.18. The van der Waals surface area contributed by atoms with Gasteiger partial charge in [0, 0.05) is 37.7 Å². The zero-order valence-corrected chi connectivity index (χ0v) is 15.0. The fourth-order valence-corrected chi connectivity index (χ4v) is 2.57. The van der Waals surface area contributed by atoms with Crippen LogP contribution < -0.4 is 15.4 Å². The van der Waals surface area contributed by atoms with E-state index in [0.29, 0.717) is 17.3 Å². The number of amides is 1. The number of hydrogen-bond donors (Lipinski definition) is 2. The van der Waals surface area contributed by atoms with Crippen molar-refractivity contribution in [1.82, 2.24) is 15.5 Å². The summed E-state index contributed by atoms with van der Waals surface area (Å²) in [6.07, 6.45) is 0.424. The van der Waals surface area contributed by atoms with Gasteiger partial charge in [-0.1, -0.05) is 17.7 Å². The highest BCUT2D eigenvalue weighted by molar-refractivity contribution is 6.30. The molecule has 1 aromatic rings. The summed E-state index contributed by atoms with van der Waals surface area (Å²) in [5.41, 5.74) is 0. The molecule has 130 valence electrons. The molecule has 1 unspecified atom stereocenters. The Balaban J connectivity index is 0.00000264. The van der Waals surface area contributed by atoms with E-state index < -0.39 is 6.10 Å². The number of carbonyl (C=O) groups is 1. The van der Waals surface area contributed by atoms with Gasteiger partial charge in [-0.15, -0.1) is 12.4 Å². The van der Waals surface area contributed by atoms with E-state index in [9.17, 15) is 4.79 Å². The molecule has 0 radical (unpaired) electrons. The number of halogens is 2. The number of hydrogen-bond acceptors (Lipinski definition) is 4. The SMILES string of the molecule is CC(Oc1cccc(Cl)c1)C(=O)NCCCN1CCNCC1.Cl. The second-order valence-electron chi connectivity index (χ2n) is 5.45. The maximum absolute atomic E-state index is 12.0. The molecular weight excluding hydrogens is 337 g/mol. The minimum absolute atomic E-state index is 0. The molecule has 1 heterocycles. The van der Waals surface area contributed by atoms with Crippen molar-refractivity contribution < 1.29 is 9.53 Å². The van der Waals surface area contributed by atoms with Crippen LogP contribution in [-0.2, 0) is 4.79 Å². The summed E-state index contributed by atoms with van der Waals surface area (Å²) in [5, 5.41) is 6.84. The first-order valence-electron chi connectivity index (χ1n) is 7.78. The maximum atomic E-state index is 12.0. The van der Waals surface area contributed by atoms with E-state index in [1.165, 1.54) is 0 Å². The fourth-order valence-electron chi connectivity index (χ4n) is 2.39. The van der Waals surface area contributed by atoms with Gasteiger partial charge in [0.25, 0.3) is 5.91 Å². The molecule has 5 nitrogen and oxygen atoms in total. The highest BCUT2D eigenvalue weighted by Gasteiger charge is 2.14. The lowest BCUT2D eigenvalue weighted by molar-refractivity contribution is -0.127. The third kappa shape index (κ3) is 7.40. The van der Waals surface area contributed by atoms with E-state index in [-0.39, 0.29) is 18.3 Å². The van der Waals surface area contributed by atoms with E-state index in [4.69, 9.17) is 16.3 Å². The second kappa shape index (κ2) is 10.7. The van der Waals surface area contributed by atoms with Crippen molar-refractivity contribution >= 4 is 29.9 Å². The molecule has 7 heteroatoms. The van der Waals surface area contributed by atoms with Crippen LogP contribution in [-0.4, -0.2) is 56.2 Å². The van der Waals surface area contributed by atoms with Gasteiger partial charge in [0.05, 0.1) is 0 Å². The molecule has 1 aliphatic rings. The Morgan fingerprint density at radius 2 is 2.17 bits per heavy atom. The molecule has 0 spiro atoms. The van der Waals surface area contributed by atoms with Crippen molar-refractivity contribution in [3.05, 3.63) is 29.3 Å². The average Bonchev–Trinajstić information content (AvgIpc) is 2.52. The Morgan fingerprint density at radius 3 is 2.87 bits per heavy atom. The first-order chi connectivity index (χ1) is 10.6. The van der Waals surface area contributed by atoms with Crippen LogP contribution in [0.3, 0.4) is 0 Å². The number of carbonyl (C=O) groups excluding carboxylic acids is 1. The van der Waals surface area contributed by atoms with Gasteiger partial charge in [0.1, 0.15) is 5.75 Å². The van der Waals surface area contributed by atoms with E-state index in [1.807, 2.05) is 0 Å². The lowest BCUT2D eigenvalue weighted by atomic mass is 10.3. The Morgan fingerprint density at radius 1 is 1.43 bits per heavy atom. The molecule has 2 rings (SSSR count). The number of ether oxygens (including phenoxy) is 1. The van der Waals surface area contributed by atoms with Crippen LogP contribution in [0.2, 0.25) is 5.02 Å². The number of benzene rings is 1. The predicted octanol–water partition coefficient (Wildman–Crippen LogP) is 1.94. The zero-order chi connectivity index (χ0) is 15.8. The maximum Gasteiger partial charge on any atom is 0.260 e. The van der Waals surface area contributed by atoms with E-state index in [2.05, 4.69) is 15.5 Å². The Hall–Kier alpha value is -1.01. The molecule has 1 fully saturated rings. The van der Waals surface area contributed by atoms with E-state index in [0.717, 1.165) is 39.1 Å². The van der Waals surface area contributed by atoms with E-state index >= 15 is 0 Å². The molecule has 0 saturated carbocycles. The first kappa shape index (κ1) is 20.0. The van der Waals surface area contributed by atoms with Crippen LogP contribution in [0.1, 0.15) is 13.3 Å². The molecule has 1 amide bonds. The van der Waals surface area contributed by atoms with Crippen molar-refractivity contribution in [2.24, 2.45) is 0 Å². The second-order valence-corrected chi connectivity index (χ2v) is 5.89. The molecule has 1 aromatic carbocycles. The third-order valence-electron chi connectivity index (χ3n) is 3.64. The molecular formula is C16H25Cl2N3O2. The summed E-state index contributed by atoms with van der Waals surface area (Å²) in [4.78, 5) is 14.4. The molecule has 23 heavy (non-hydrogen) atoms. The Kier molecular flexibility index (Phi) is 9.33. The minimum atomic E-state index is -0.530. The van der Waals surface area contributed by atoms with Crippen LogP contribution in [0, 0.1) is 0 Å². The Bertz CT molecular complexity index is 482. The third-order valence-corrected chi connectivity index (χ3v) is 3.87. The summed E-state index contributed by atoms with van der Waals surface area (Å²) in [7, 11) is 0. The van der Waals surface area contributed by atoms with Gasteiger partial charge in [-0.3, -0.25) is 4.79 Å². The summed E-state index contributed by atoms with van der Waals surface area (Å²) < 4.78 is 5.59. The average molecular weight is 362 g/mol. The van der Waals surface area contributed by atoms with Crippen LogP contribution in [0.15, 0.2) is 24.3 Å². The van der Waals surface area contributed by atoms with Crippen LogP contribution in [0.25, 0.3) is 0 Å². The van der Waals surface area contributed by atoms with E-state index in [1.54, 1.807) is 31.2 Å². The summed E-state index contributed by atoms with van der Waals surface area (Å²) in [5.74, 6) is 0.510.